The van der Waals surface area contributed by atoms with E-state index in [1.54, 1.807) is 23.1 Å². The second-order valence-corrected chi connectivity index (χ2v) is 8.11. The van der Waals surface area contributed by atoms with Crippen molar-refractivity contribution in [2.24, 2.45) is 0 Å². The first-order chi connectivity index (χ1) is 8.96. The van der Waals surface area contributed by atoms with Crippen molar-refractivity contribution >= 4 is 21.8 Å². The molecule has 0 bridgehead atoms. The Morgan fingerprint density at radius 2 is 2.32 bits per heavy atom. The van der Waals surface area contributed by atoms with Crippen LogP contribution < -0.4 is 5.32 Å². The Bertz CT molecular complexity index is 541. The Labute approximate surface area is 118 Å². The van der Waals surface area contributed by atoms with Gasteiger partial charge in [-0.15, -0.1) is 0 Å². The highest BCUT2D eigenvalue weighted by Gasteiger charge is 2.33. The maximum absolute atomic E-state index is 12.6. The van der Waals surface area contributed by atoms with Crippen LogP contribution in [0.1, 0.15) is 18.2 Å². The molecular formula is C11H20N4O2S2. The molecule has 1 atom stereocenters. The molecule has 19 heavy (non-hydrogen) atoms. The third-order valence-electron chi connectivity index (χ3n) is 3.18. The van der Waals surface area contributed by atoms with E-state index in [0.29, 0.717) is 24.9 Å². The van der Waals surface area contributed by atoms with Crippen molar-refractivity contribution < 1.29 is 8.42 Å². The fraction of sp³-hybridized carbons (Fsp3) is 0.727. The second-order valence-electron chi connectivity index (χ2n) is 4.71. The van der Waals surface area contributed by atoms with Gasteiger partial charge in [0.25, 0.3) is 10.0 Å². The maximum Gasteiger partial charge on any atom is 0.262 e. The Kier molecular flexibility index (Phi) is 4.54. The van der Waals surface area contributed by atoms with Crippen LogP contribution in [0.2, 0.25) is 0 Å². The lowest BCUT2D eigenvalue weighted by molar-refractivity contribution is 0.421. The molecule has 1 aromatic heterocycles. The minimum absolute atomic E-state index is 0.165. The van der Waals surface area contributed by atoms with Gasteiger partial charge in [-0.2, -0.15) is 21.2 Å². The van der Waals surface area contributed by atoms with E-state index in [1.165, 1.54) is 0 Å². The van der Waals surface area contributed by atoms with Crippen molar-refractivity contribution in [3.8, 4) is 0 Å². The van der Waals surface area contributed by atoms with Gasteiger partial charge in [-0.3, -0.25) is 5.10 Å². The Balaban J connectivity index is 2.33. The Morgan fingerprint density at radius 1 is 1.58 bits per heavy atom. The first-order valence-corrected chi connectivity index (χ1v) is 8.76. The molecular weight excluding hydrogens is 284 g/mol. The van der Waals surface area contributed by atoms with Gasteiger partial charge in [0.15, 0.2) is 5.03 Å². The van der Waals surface area contributed by atoms with Crippen LogP contribution in [0.25, 0.3) is 0 Å². The second kappa shape index (κ2) is 5.82. The van der Waals surface area contributed by atoms with Gasteiger partial charge < -0.3 is 5.32 Å². The van der Waals surface area contributed by atoms with Crippen LogP contribution in [0.5, 0.6) is 0 Å². The average Bonchev–Trinajstić information content (AvgIpc) is 2.72. The number of hydrogen-bond donors (Lipinski definition) is 2. The molecule has 1 fully saturated rings. The fourth-order valence-electron chi connectivity index (χ4n) is 2.16. The lowest BCUT2D eigenvalue weighted by Crippen LogP contribution is -2.41. The quantitative estimate of drug-likeness (QED) is 0.850. The highest BCUT2D eigenvalue weighted by Crippen LogP contribution is 2.25. The van der Waals surface area contributed by atoms with E-state index in [1.807, 2.05) is 6.92 Å². The number of aryl methyl sites for hydroxylation is 1. The molecule has 108 valence electrons. The zero-order valence-corrected chi connectivity index (χ0v) is 13.1. The summed E-state index contributed by atoms with van der Waals surface area (Å²) < 4.78 is 26.8. The molecule has 0 aliphatic carbocycles. The van der Waals surface area contributed by atoms with Crippen LogP contribution in [0.15, 0.2) is 5.03 Å². The van der Waals surface area contributed by atoms with E-state index in [4.69, 9.17) is 0 Å². The summed E-state index contributed by atoms with van der Waals surface area (Å²) in [5.74, 6) is 0.838. The molecule has 0 aromatic carbocycles. The third-order valence-corrected chi connectivity index (χ3v) is 6.15. The minimum atomic E-state index is -3.49. The maximum atomic E-state index is 12.6. The van der Waals surface area contributed by atoms with Gasteiger partial charge in [0.1, 0.15) is 0 Å². The van der Waals surface area contributed by atoms with Crippen molar-refractivity contribution in [2.75, 3.05) is 25.9 Å². The molecule has 0 radical (unpaired) electrons. The number of aromatic nitrogens is 2. The number of aromatic amines is 1. The summed E-state index contributed by atoms with van der Waals surface area (Å²) >= 11 is 1.81. The standard InChI is InChI=1S/C11H20N4O2S2/c1-8-7-15(4-5-18-8)19(16,17)11-10(6-12-3)9(2)13-14-11/h8,12H,4-7H2,1-3H3,(H,13,14). The predicted octanol–water partition coefficient (Wildman–Crippen LogP) is 0.564. The summed E-state index contributed by atoms with van der Waals surface area (Å²) in [5, 5.41) is 10.3. The topological polar surface area (TPSA) is 78.1 Å². The number of rotatable bonds is 4. The van der Waals surface area contributed by atoms with Crippen molar-refractivity contribution in [1.29, 1.82) is 0 Å². The molecule has 1 saturated heterocycles. The van der Waals surface area contributed by atoms with Crippen LogP contribution in [0.3, 0.4) is 0 Å². The molecule has 1 aliphatic rings. The highest BCUT2D eigenvalue weighted by atomic mass is 32.2. The number of hydrogen-bond acceptors (Lipinski definition) is 5. The van der Waals surface area contributed by atoms with E-state index in [0.717, 1.165) is 17.0 Å². The monoisotopic (exact) mass is 304 g/mol. The molecule has 0 saturated carbocycles. The summed E-state index contributed by atoms with van der Waals surface area (Å²) in [6.07, 6.45) is 0. The zero-order chi connectivity index (χ0) is 14.0. The van der Waals surface area contributed by atoms with Crippen LogP contribution in [-0.2, 0) is 16.6 Å². The molecule has 1 aromatic rings. The Morgan fingerprint density at radius 3 is 2.95 bits per heavy atom. The van der Waals surface area contributed by atoms with Crippen molar-refractivity contribution in [3.63, 3.8) is 0 Å². The van der Waals surface area contributed by atoms with Crippen LogP contribution in [-0.4, -0.2) is 54.1 Å². The summed E-state index contributed by atoms with van der Waals surface area (Å²) in [6.45, 7) is 5.50. The SMILES string of the molecule is CNCc1c(S(=O)(=O)N2CCSC(C)C2)n[nH]c1C. The average molecular weight is 304 g/mol. The molecule has 8 heteroatoms. The number of H-pyrrole nitrogens is 1. The number of thioether (sulfide) groups is 1. The van der Waals surface area contributed by atoms with Crippen molar-refractivity contribution in [2.45, 2.75) is 30.7 Å². The summed E-state index contributed by atoms with van der Waals surface area (Å²) in [7, 11) is -1.70. The van der Waals surface area contributed by atoms with Gasteiger partial charge in [0, 0.05) is 41.9 Å². The van der Waals surface area contributed by atoms with Crippen molar-refractivity contribution in [3.05, 3.63) is 11.3 Å². The van der Waals surface area contributed by atoms with Crippen LogP contribution in [0, 0.1) is 6.92 Å². The van der Waals surface area contributed by atoms with Gasteiger partial charge in [0.05, 0.1) is 0 Å². The van der Waals surface area contributed by atoms with Gasteiger partial charge >= 0.3 is 0 Å². The molecule has 2 heterocycles. The van der Waals surface area contributed by atoms with Crippen LogP contribution in [0.4, 0.5) is 0 Å². The van der Waals surface area contributed by atoms with Crippen LogP contribution >= 0.6 is 11.8 Å². The zero-order valence-electron chi connectivity index (χ0n) is 11.4. The van der Waals surface area contributed by atoms with Crippen molar-refractivity contribution in [1.82, 2.24) is 19.8 Å². The lowest BCUT2D eigenvalue weighted by atomic mass is 10.3. The minimum Gasteiger partial charge on any atom is -0.316 e. The van der Waals surface area contributed by atoms with E-state index in [2.05, 4.69) is 22.4 Å². The summed E-state index contributed by atoms with van der Waals surface area (Å²) in [5.41, 5.74) is 1.53. The predicted molar refractivity (Wildman–Crippen MR) is 76.8 cm³/mol. The molecule has 2 N–H and O–H groups in total. The smallest absolute Gasteiger partial charge is 0.262 e. The normalized spacial score (nSPS) is 21.7. The summed E-state index contributed by atoms with van der Waals surface area (Å²) in [6, 6.07) is 0. The van der Waals surface area contributed by atoms with E-state index >= 15 is 0 Å². The third kappa shape index (κ3) is 2.96. The molecule has 2 rings (SSSR count). The number of nitrogens with one attached hydrogen (secondary N) is 2. The van der Waals surface area contributed by atoms with Gasteiger partial charge in [-0.05, 0) is 14.0 Å². The number of nitrogens with zero attached hydrogens (tertiary/aromatic N) is 2. The summed E-state index contributed by atoms with van der Waals surface area (Å²) in [4.78, 5) is 0. The molecule has 0 spiro atoms. The molecule has 1 unspecified atom stereocenters. The first-order valence-electron chi connectivity index (χ1n) is 6.27. The fourth-order valence-corrected chi connectivity index (χ4v) is 5.07. The Hall–Kier alpha value is -0.570. The van der Waals surface area contributed by atoms with Gasteiger partial charge in [-0.25, -0.2) is 8.42 Å². The van der Waals surface area contributed by atoms with E-state index < -0.39 is 10.0 Å². The molecule has 6 nitrogen and oxygen atoms in total. The lowest BCUT2D eigenvalue weighted by Gasteiger charge is -2.29. The van der Waals surface area contributed by atoms with Gasteiger partial charge in [-0.1, -0.05) is 6.92 Å². The highest BCUT2D eigenvalue weighted by molar-refractivity contribution is 8.00. The molecule has 1 aliphatic heterocycles. The van der Waals surface area contributed by atoms with Gasteiger partial charge in [0.2, 0.25) is 0 Å². The van der Waals surface area contributed by atoms with E-state index in [9.17, 15) is 8.42 Å². The molecule has 0 amide bonds. The number of sulfonamides is 1. The first kappa shape index (κ1) is 14.8. The van der Waals surface area contributed by atoms with E-state index in [-0.39, 0.29) is 5.03 Å². The largest absolute Gasteiger partial charge is 0.316 e.